The molecule has 3 rings (SSSR count). The van der Waals surface area contributed by atoms with E-state index in [-0.39, 0.29) is 19.3 Å². The molecule has 0 spiro atoms. The Morgan fingerprint density at radius 1 is 0.365 bits per heavy atom. The van der Waals surface area contributed by atoms with Crippen molar-refractivity contribution in [2.75, 3.05) is 26.4 Å². The van der Waals surface area contributed by atoms with E-state index in [1.165, 1.54) is 154 Å². The van der Waals surface area contributed by atoms with E-state index in [9.17, 15) is 74.9 Å². The topological polar surface area (TPSA) is 374 Å². The first kappa shape index (κ1) is 88.2. The van der Waals surface area contributed by atoms with Crippen LogP contribution < -0.4 is 0 Å². The van der Waals surface area contributed by atoms with E-state index in [0.717, 1.165) is 89.9 Å². The Kier molecular flexibility index (Phi) is 49.4. The Bertz CT molecular complexity index is 1990. The minimum absolute atomic E-state index is 0.0335. The van der Waals surface area contributed by atoms with Crippen molar-refractivity contribution < 1.29 is 117 Å². The van der Waals surface area contributed by atoms with Gasteiger partial charge in [-0.05, 0) is 19.3 Å². The third kappa shape index (κ3) is 36.7. The van der Waals surface area contributed by atoms with Gasteiger partial charge in [0.25, 0.3) is 0 Å². The maximum Gasteiger partial charge on any atom is 0.472 e. The lowest BCUT2D eigenvalue weighted by atomic mass is 9.84. The molecule has 0 bridgehead atoms. The molecule has 11 N–H and O–H groups in total. The fraction of sp³-hybridized carbons (Fsp3) is 0.958. The van der Waals surface area contributed by atoms with Crippen LogP contribution in [0, 0.1) is 0 Å². The second-order valence-electron chi connectivity index (χ2n) is 27.4. The molecule has 3 fully saturated rings. The molecule has 0 amide bonds. The van der Waals surface area contributed by atoms with Crippen LogP contribution in [0.4, 0.5) is 0 Å². The molecule has 1 saturated carbocycles. The van der Waals surface area contributed by atoms with Gasteiger partial charge in [-0.3, -0.25) is 23.4 Å². The fourth-order valence-corrected chi connectivity index (χ4v) is 13.7. The summed E-state index contributed by atoms with van der Waals surface area (Å²) >= 11 is 0. The lowest BCUT2D eigenvalue weighted by Crippen LogP contribution is -2.69. The van der Waals surface area contributed by atoms with Gasteiger partial charge in [0.15, 0.2) is 18.7 Å². The SMILES string of the molecule is CCCCCCCCCCCCCCCCCCC(=O)OCC(COP(=O)(O)OC1C(OC2OC(CO)C(O)C(O)C2O)C(O)C(O)C(O)C1OC1OC(COC(=O)CCCCCCCCCCCCCCC)C(O)C(O)C1O)OC(=O)CCCCCCCCCCCCCC. The van der Waals surface area contributed by atoms with Gasteiger partial charge in [0, 0.05) is 19.3 Å². The van der Waals surface area contributed by atoms with Crippen molar-refractivity contribution in [3.8, 4) is 0 Å². The molecule has 566 valence electrons. The summed E-state index contributed by atoms with van der Waals surface area (Å²) in [5, 5.41) is 110. The van der Waals surface area contributed by atoms with Crippen molar-refractivity contribution in [3.05, 3.63) is 0 Å². The summed E-state index contributed by atoms with van der Waals surface area (Å²) < 4.78 is 65.0. The van der Waals surface area contributed by atoms with Crippen LogP contribution in [0.2, 0.25) is 0 Å². The summed E-state index contributed by atoms with van der Waals surface area (Å²) in [6.07, 6.45) is 10.3. The van der Waals surface area contributed by atoms with Gasteiger partial charge in [-0.2, -0.15) is 0 Å². The maximum absolute atomic E-state index is 14.3. The van der Waals surface area contributed by atoms with Gasteiger partial charge in [0.1, 0.15) is 98.7 Å². The molecule has 2 heterocycles. The highest BCUT2D eigenvalue weighted by Crippen LogP contribution is 2.49. The van der Waals surface area contributed by atoms with Crippen LogP contribution in [0.5, 0.6) is 0 Å². The summed E-state index contributed by atoms with van der Waals surface area (Å²) in [5.74, 6) is -1.97. The Labute approximate surface area is 574 Å². The van der Waals surface area contributed by atoms with E-state index in [0.29, 0.717) is 19.3 Å². The summed E-state index contributed by atoms with van der Waals surface area (Å²) in [4.78, 5) is 50.9. The van der Waals surface area contributed by atoms with E-state index in [4.69, 9.17) is 42.2 Å². The molecule has 24 nitrogen and oxygen atoms in total. The predicted molar refractivity (Wildman–Crippen MR) is 361 cm³/mol. The van der Waals surface area contributed by atoms with Crippen molar-refractivity contribution in [3.63, 3.8) is 0 Å². The van der Waals surface area contributed by atoms with E-state index < -0.39 is 156 Å². The number of carbonyl (C=O) groups is 3. The molecule has 0 radical (unpaired) electrons. The molecule has 1 aliphatic carbocycles. The Morgan fingerprint density at radius 2 is 0.667 bits per heavy atom. The molecule has 0 aromatic heterocycles. The Morgan fingerprint density at radius 3 is 1.02 bits per heavy atom. The zero-order valence-electron chi connectivity index (χ0n) is 58.9. The third-order valence-electron chi connectivity index (χ3n) is 18.9. The molecular weight excluding hydrogens is 1270 g/mol. The van der Waals surface area contributed by atoms with Crippen molar-refractivity contribution in [2.24, 2.45) is 0 Å². The molecule has 2 aliphatic heterocycles. The van der Waals surface area contributed by atoms with Crippen LogP contribution in [-0.2, 0) is 61.2 Å². The summed E-state index contributed by atoms with van der Waals surface area (Å²) in [6, 6.07) is 0. The molecule has 96 heavy (non-hydrogen) atoms. The van der Waals surface area contributed by atoms with Crippen LogP contribution in [-0.4, -0.2) is 204 Å². The van der Waals surface area contributed by atoms with Gasteiger partial charge < -0.3 is 89.1 Å². The van der Waals surface area contributed by atoms with Crippen molar-refractivity contribution in [1.29, 1.82) is 0 Å². The Balaban J connectivity index is 1.73. The number of ether oxygens (including phenoxy) is 7. The van der Waals surface area contributed by atoms with Crippen molar-refractivity contribution >= 4 is 25.7 Å². The number of carbonyl (C=O) groups excluding carboxylic acids is 3. The lowest BCUT2D eigenvalue weighted by molar-refractivity contribution is -0.360. The number of aliphatic hydroxyl groups excluding tert-OH is 10. The first-order valence-corrected chi connectivity index (χ1v) is 39.3. The van der Waals surface area contributed by atoms with E-state index >= 15 is 0 Å². The molecular formula is C71H133O24P. The van der Waals surface area contributed by atoms with Crippen molar-refractivity contribution in [2.45, 2.75) is 407 Å². The second-order valence-corrected chi connectivity index (χ2v) is 28.8. The molecule has 2 saturated heterocycles. The molecule has 25 heteroatoms. The molecule has 0 aromatic rings. The smallest absolute Gasteiger partial charge is 0.463 e. The van der Waals surface area contributed by atoms with Gasteiger partial charge in [0.05, 0.1) is 13.2 Å². The highest BCUT2D eigenvalue weighted by atomic mass is 31.2. The quantitative estimate of drug-likeness (QED) is 0.0117. The third-order valence-corrected chi connectivity index (χ3v) is 19.9. The second kappa shape index (κ2) is 53.7. The van der Waals surface area contributed by atoms with Crippen LogP contribution >= 0.6 is 7.82 Å². The highest BCUT2D eigenvalue weighted by molar-refractivity contribution is 7.47. The summed E-state index contributed by atoms with van der Waals surface area (Å²) in [7, 11) is -5.69. The number of phosphoric ester groups is 1. The Hall–Kier alpha value is -2.04. The number of hydrogen-bond donors (Lipinski definition) is 11. The molecule has 3 aliphatic rings. The number of phosphoric acid groups is 1. The molecule has 18 atom stereocenters. The zero-order valence-corrected chi connectivity index (χ0v) is 59.8. The zero-order chi connectivity index (χ0) is 70.4. The first-order chi connectivity index (χ1) is 46.3. The van der Waals surface area contributed by atoms with Crippen LogP contribution in [0.1, 0.15) is 303 Å². The van der Waals surface area contributed by atoms with Crippen LogP contribution in [0.25, 0.3) is 0 Å². The van der Waals surface area contributed by atoms with Crippen molar-refractivity contribution in [1.82, 2.24) is 0 Å². The first-order valence-electron chi connectivity index (χ1n) is 37.8. The average Bonchev–Trinajstić information content (AvgIpc) is 0.766. The van der Waals surface area contributed by atoms with Gasteiger partial charge >= 0.3 is 25.7 Å². The van der Waals surface area contributed by atoms with Gasteiger partial charge in [-0.15, -0.1) is 0 Å². The summed E-state index contributed by atoms with van der Waals surface area (Å²) in [6.45, 7) is 3.46. The average molecular weight is 1400 g/mol. The van der Waals surface area contributed by atoms with Crippen LogP contribution in [0.3, 0.4) is 0 Å². The van der Waals surface area contributed by atoms with Gasteiger partial charge in [-0.1, -0.05) is 265 Å². The molecule has 18 unspecified atom stereocenters. The monoisotopic (exact) mass is 1400 g/mol. The van der Waals surface area contributed by atoms with Gasteiger partial charge in [-0.25, -0.2) is 4.57 Å². The highest BCUT2D eigenvalue weighted by Gasteiger charge is 2.58. The normalized spacial score (nSPS) is 27.9. The number of aliphatic hydroxyl groups is 10. The van der Waals surface area contributed by atoms with E-state index in [1.807, 2.05) is 0 Å². The lowest BCUT2D eigenvalue weighted by Gasteiger charge is -2.49. The van der Waals surface area contributed by atoms with E-state index in [1.54, 1.807) is 0 Å². The summed E-state index contributed by atoms with van der Waals surface area (Å²) in [5.41, 5.74) is 0. The number of rotatable bonds is 59. The predicted octanol–water partition coefficient (Wildman–Crippen LogP) is 10.2. The van der Waals surface area contributed by atoms with Gasteiger partial charge in [0.2, 0.25) is 0 Å². The minimum atomic E-state index is -5.69. The van der Waals surface area contributed by atoms with E-state index in [2.05, 4.69) is 20.8 Å². The number of hydrogen-bond acceptors (Lipinski definition) is 23. The molecule has 0 aromatic carbocycles. The number of unbranched alkanes of at least 4 members (excludes halogenated alkanes) is 38. The van der Waals surface area contributed by atoms with Crippen LogP contribution in [0.15, 0.2) is 0 Å². The minimum Gasteiger partial charge on any atom is -0.463 e. The maximum atomic E-state index is 14.3. The number of esters is 3. The largest absolute Gasteiger partial charge is 0.472 e. The standard InChI is InChI=1S/C71H133O24P/c1-4-7-10-13-16-19-22-25-26-27-29-32-33-36-39-42-45-55(73)87-49-52(90-57(75)47-44-41-38-35-30-24-21-18-15-12-9-6-3)50-89-96(85,86)95-69-67(93-70-65(83)60(78)58(76)53(48-72)91-70)63(81)62(80)64(82)68(69)94-71-66(84)61(79)59(77)54(92-71)51-88-56(74)46-43-40-37-34-31-28-23-20-17-14-11-8-5-2/h52-54,58-72,76-84H,4-51H2,1-3H3,(H,85,86). The fourth-order valence-electron chi connectivity index (χ4n) is 12.7.